The van der Waals surface area contributed by atoms with Gasteiger partial charge in [0.2, 0.25) is 0 Å². The van der Waals surface area contributed by atoms with Crippen LogP contribution in [0.1, 0.15) is 0 Å². The molecule has 0 saturated carbocycles. The summed E-state index contributed by atoms with van der Waals surface area (Å²) in [6.45, 7) is 2.63. The second kappa shape index (κ2) is 14.4. The Labute approximate surface area is 233 Å². The van der Waals surface area contributed by atoms with Crippen LogP contribution in [0.15, 0.2) is 97.1 Å². The van der Waals surface area contributed by atoms with Crippen molar-refractivity contribution in [2.45, 2.75) is 0 Å². The standard InChI is InChI=1S/C32H32O8/c1-2-10-26-25(9-1)33-17-18-35-27-11-3-4-12-28(27)37-21-22-39-31-15-7-8-16-32(31)40-24-23-38-30-14-6-5-13-29(30)36-20-19-34-26/h1-16H,17-24H2. The molecule has 0 spiro atoms. The summed E-state index contributed by atoms with van der Waals surface area (Å²) in [5.74, 6) is 5.05. The molecule has 0 saturated heterocycles. The third kappa shape index (κ3) is 7.66. The van der Waals surface area contributed by atoms with Gasteiger partial charge in [-0.2, -0.15) is 0 Å². The predicted molar refractivity (Wildman–Crippen MR) is 150 cm³/mol. The molecule has 5 rings (SSSR count). The third-order valence-electron chi connectivity index (χ3n) is 5.79. The fraction of sp³-hybridized carbons (Fsp3) is 0.250. The van der Waals surface area contributed by atoms with E-state index in [0.29, 0.717) is 98.9 Å². The molecular weight excluding hydrogens is 512 g/mol. The van der Waals surface area contributed by atoms with E-state index < -0.39 is 0 Å². The van der Waals surface area contributed by atoms with E-state index in [-0.39, 0.29) is 0 Å². The molecule has 0 amide bonds. The lowest BCUT2D eigenvalue weighted by Gasteiger charge is -2.17. The van der Waals surface area contributed by atoms with Crippen LogP contribution in [0.2, 0.25) is 0 Å². The summed E-state index contributed by atoms with van der Waals surface area (Å²) in [5, 5.41) is 0. The van der Waals surface area contributed by atoms with Crippen molar-refractivity contribution >= 4 is 0 Å². The Hall–Kier alpha value is -4.72. The zero-order chi connectivity index (χ0) is 27.2. The van der Waals surface area contributed by atoms with Gasteiger partial charge in [-0.3, -0.25) is 0 Å². The molecule has 8 heteroatoms. The fourth-order valence-corrected chi connectivity index (χ4v) is 3.97. The molecule has 0 aliphatic carbocycles. The zero-order valence-corrected chi connectivity index (χ0v) is 22.2. The van der Waals surface area contributed by atoms with Crippen LogP contribution in [-0.4, -0.2) is 52.9 Å². The molecule has 1 aliphatic rings. The minimum absolute atomic E-state index is 0.329. The first-order valence-corrected chi connectivity index (χ1v) is 13.3. The van der Waals surface area contributed by atoms with Crippen LogP contribution in [0.5, 0.6) is 46.0 Å². The van der Waals surface area contributed by atoms with Crippen molar-refractivity contribution in [3.63, 3.8) is 0 Å². The highest BCUT2D eigenvalue weighted by Crippen LogP contribution is 2.30. The van der Waals surface area contributed by atoms with E-state index in [4.69, 9.17) is 37.9 Å². The van der Waals surface area contributed by atoms with Crippen molar-refractivity contribution in [2.24, 2.45) is 0 Å². The Morgan fingerprint density at radius 3 is 0.475 bits per heavy atom. The molecule has 0 unspecified atom stereocenters. The van der Waals surface area contributed by atoms with Crippen LogP contribution in [-0.2, 0) is 0 Å². The largest absolute Gasteiger partial charge is 0.486 e. The third-order valence-corrected chi connectivity index (χ3v) is 5.79. The van der Waals surface area contributed by atoms with Crippen LogP contribution >= 0.6 is 0 Å². The van der Waals surface area contributed by atoms with Crippen LogP contribution < -0.4 is 37.9 Å². The van der Waals surface area contributed by atoms with Gasteiger partial charge in [-0.15, -0.1) is 0 Å². The van der Waals surface area contributed by atoms with Gasteiger partial charge in [0, 0.05) is 0 Å². The van der Waals surface area contributed by atoms with Gasteiger partial charge in [-0.25, -0.2) is 0 Å². The molecule has 4 aromatic carbocycles. The zero-order valence-electron chi connectivity index (χ0n) is 22.2. The predicted octanol–water partition coefficient (Wildman–Crippen LogP) is 5.83. The molecule has 0 bridgehead atoms. The lowest BCUT2D eigenvalue weighted by Crippen LogP contribution is -2.14. The van der Waals surface area contributed by atoms with E-state index in [0.717, 1.165) is 0 Å². The number of hydrogen-bond donors (Lipinski definition) is 0. The van der Waals surface area contributed by atoms with E-state index in [1.165, 1.54) is 0 Å². The quantitative estimate of drug-likeness (QED) is 0.274. The molecule has 1 heterocycles. The average molecular weight is 545 g/mol. The number of benzene rings is 4. The second-order valence-corrected chi connectivity index (χ2v) is 8.57. The summed E-state index contributed by atoms with van der Waals surface area (Å²) in [6, 6.07) is 30.1. The Bertz CT molecular complexity index is 1040. The number of hydrogen-bond acceptors (Lipinski definition) is 8. The maximum Gasteiger partial charge on any atom is 0.161 e. The Kier molecular flexibility index (Phi) is 9.70. The topological polar surface area (TPSA) is 73.8 Å². The second-order valence-electron chi connectivity index (χ2n) is 8.57. The summed E-state index contributed by atoms with van der Waals surface area (Å²) in [7, 11) is 0. The van der Waals surface area contributed by atoms with Crippen LogP contribution in [0.4, 0.5) is 0 Å². The van der Waals surface area contributed by atoms with E-state index in [1.807, 2.05) is 97.1 Å². The van der Waals surface area contributed by atoms with E-state index in [2.05, 4.69) is 0 Å². The number of fused-ring (bicyclic) bond motifs is 4. The SMILES string of the molecule is c1ccc2c(c1)OCCOc1ccccc1OCCOc1ccccc1OCCOc1ccccc1OCCO2. The normalized spacial score (nSPS) is 14.8. The van der Waals surface area contributed by atoms with Gasteiger partial charge < -0.3 is 37.9 Å². The number of ether oxygens (including phenoxy) is 8. The molecule has 208 valence electrons. The molecule has 40 heavy (non-hydrogen) atoms. The highest BCUT2D eigenvalue weighted by atomic mass is 16.6. The first kappa shape index (κ1) is 26.9. The van der Waals surface area contributed by atoms with Gasteiger partial charge in [0.1, 0.15) is 52.9 Å². The van der Waals surface area contributed by atoms with Gasteiger partial charge >= 0.3 is 0 Å². The lowest BCUT2D eigenvalue weighted by atomic mass is 10.3. The van der Waals surface area contributed by atoms with Crippen LogP contribution in [0.3, 0.4) is 0 Å². The summed E-state index contributed by atoms with van der Waals surface area (Å²) in [6.07, 6.45) is 0. The first-order valence-electron chi connectivity index (χ1n) is 13.3. The molecule has 0 fully saturated rings. The lowest BCUT2D eigenvalue weighted by molar-refractivity contribution is 0.171. The van der Waals surface area contributed by atoms with Crippen molar-refractivity contribution in [3.05, 3.63) is 97.1 Å². The van der Waals surface area contributed by atoms with Gasteiger partial charge in [0.25, 0.3) is 0 Å². The number of para-hydroxylation sites is 8. The Morgan fingerprint density at radius 1 is 0.225 bits per heavy atom. The highest BCUT2D eigenvalue weighted by molar-refractivity contribution is 5.42. The molecule has 1 aliphatic heterocycles. The molecular formula is C32H32O8. The Morgan fingerprint density at radius 2 is 0.350 bits per heavy atom. The summed E-state index contributed by atoms with van der Waals surface area (Å²) in [4.78, 5) is 0. The van der Waals surface area contributed by atoms with Crippen LogP contribution in [0, 0.1) is 0 Å². The van der Waals surface area contributed by atoms with Gasteiger partial charge in [0.15, 0.2) is 46.0 Å². The molecule has 8 nitrogen and oxygen atoms in total. The average Bonchev–Trinajstić information content (AvgIpc) is 3.00. The van der Waals surface area contributed by atoms with Crippen molar-refractivity contribution in [2.75, 3.05) is 52.9 Å². The minimum Gasteiger partial charge on any atom is -0.486 e. The smallest absolute Gasteiger partial charge is 0.161 e. The molecule has 4 aromatic rings. The van der Waals surface area contributed by atoms with Crippen molar-refractivity contribution in [3.8, 4) is 46.0 Å². The van der Waals surface area contributed by atoms with E-state index >= 15 is 0 Å². The minimum atomic E-state index is 0.329. The van der Waals surface area contributed by atoms with Crippen molar-refractivity contribution < 1.29 is 37.9 Å². The number of rotatable bonds is 0. The van der Waals surface area contributed by atoms with Crippen LogP contribution in [0.25, 0.3) is 0 Å². The van der Waals surface area contributed by atoms with E-state index in [9.17, 15) is 0 Å². The molecule has 0 atom stereocenters. The van der Waals surface area contributed by atoms with Gasteiger partial charge in [-0.1, -0.05) is 48.5 Å². The summed E-state index contributed by atoms with van der Waals surface area (Å²) >= 11 is 0. The first-order chi connectivity index (χ1) is 19.9. The van der Waals surface area contributed by atoms with Gasteiger partial charge in [0.05, 0.1) is 0 Å². The summed E-state index contributed by atoms with van der Waals surface area (Å²) < 4.78 is 47.6. The molecule has 0 radical (unpaired) electrons. The fourth-order valence-electron chi connectivity index (χ4n) is 3.97. The summed E-state index contributed by atoms with van der Waals surface area (Å²) in [5.41, 5.74) is 0. The molecule has 0 N–H and O–H groups in total. The van der Waals surface area contributed by atoms with Crippen molar-refractivity contribution in [1.82, 2.24) is 0 Å². The highest BCUT2D eigenvalue weighted by Gasteiger charge is 2.10. The van der Waals surface area contributed by atoms with E-state index in [1.54, 1.807) is 0 Å². The van der Waals surface area contributed by atoms with Crippen molar-refractivity contribution in [1.29, 1.82) is 0 Å². The monoisotopic (exact) mass is 544 g/mol. The van der Waals surface area contributed by atoms with Gasteiger partial charge in [-0.05, 0) is 48.5 Å². The maximum atomic E-state index is 5.95. The Balaban J connectivity index is 1.27. The maximum absolute atomic E-state index is 5.95. The molecule has 0 aromatic heterocycles.